The molecule has 1 atom stereocenters. The molecule has 0 bridgehead atoms. The normalized spacial score (nSPS) is 24.2. The van der Waals surface area contributed by atoms with Crippen LogP contribution in [0, 0.1) is 11.8 Å². The van der Waals surface area contributed by atoms with Crippen LogP contribution in [0.25, 0.3) is 11.4 Å². The topological polar surface area (TPSA) is 44.1 Å². The third-order valence-corrected chi connectivity index (χ3v) is 5.83. The van der Waals surface area contributed by atoms with E-state index >= 15 is 0 Å². The van der Waals surface area contributed by atoms with Crippen LogP contribution < -0.4 is 0 Å². The molecule has 4 nitrogen and oxygen atoms in total. The molecule has 24 heavy (non-hydrogen) atoms. The minimum absolute atomic E-state index is 0.00551. The van der Waals surface area contributed by atoms with Crippen molar-refractivity contribution in [1.82, 2.24) is 9.55 Å². The van der Waals surface area contributed by atoms with Crippen molar-refractivity contribution in [3.05, 3.63) is 42.2 Å². The number of carbonyl (C=O) groups is 1. The van der Waals surface area contributed by atoms with Crippen molar-refractivity contribution in [3.63, 3.8) is 0 Å². The van der Waals surface area contributed by atoms with E-state index in [1.165, 1.54) is 12.8 Å². The standard InChI is InChI=1S/C20H22N2O2/c23-19(24-20(9-10-20)16-6-7-16)15-8-11-22-17(12-15)13-21-18(22)14-4-2-1-3-5-14/h1-5,13,15-16H,6-12H2/t15-/m0/s1. The second kappa shape index (κ2) is 5.20. The van der Waals surface area contributed by atoms with Crippen LogP contribution in [0.1, 0.15) is 37.8 Å². The first-order chi connectivity index (χ1) is 11.8. The molecule has 0 spiro atoms. The Morgan fingerprint density at radius 2 is 1.96 bits per heavy atom. The quantitative estimate of drug-likeness (QED) is 0.808. The molecule has 0 unspecified atom stereocenters. The number of ether oxygens (including phenoxy) is 1. The lowest BCUT2D eigenvalue weighted by Gasteiger charge is -2.26. The fraction of sp³-hybridized carbons (Fsp3) is 0.500. The Kier molecular flexibility index (Phi) is 3.09. The second-order valence-electron chi connectivity index (χ2n) is 7.54. The van der Waals surface area contributed by atoms with Gasteiger partial charge in [-0.15, -0.1) is 0 Å². The van der Waals surface area contributed by atoms with Crippen LogP contribution in [0.5, 0.6) is 0 Å². The molecule has 0 radical (unpaired) electrons. The van der Waals surface area contributed by atoms with Gasteiger partial charge in [-0.3, -0.25) is 4.79 Å². The molecule has 1 aromatic heterocycles. The van der Waals surface area contributed by atoms with E-state index in [1.54, 1.807) is 0 Å². The number of aromatic nitrogens is 2. The molecule has 0 N–H and O–H groups in total. The number of hydrogen-bond acceptors (Lipinski definition) is 3. The monoisotopic (exact) mass is 322 g/mol. The van der Waals surface area contributed by atoms with Crippen molar-refractivity contribution in [2.24, 2.45) is 11.8 Å². The second-order valence-corrected chi connectivity index (χ2v) is 7.54. The van der Waals surface area contributed by atoms with Crippen molar-refractivity contribution in [1.29, 1.82) is 0 Å². The fourth-order valence-corrected chi connectivity index (χ4v) is 4.09. The highest BCUT2D eigenvalue weighted by molar-refractivity contribution is 5.74. The lowest BCUT2D eigenvalue weighted by atomic mass is 9.96. The lowest BCUT2D eigenvalue weighted by Crippen LogP contribution is -2.31. The van der Waals surface area contributed by atoms with Crippen molar-refractivity contribution in [2.75, 3.05) is 0 Å². The van der Waals surface area contributed by atoms with E-state index < -0.39 is 0 Å². The zero-order chi connectivity index (χ0) is 16.1. The summed E-state index contributed by atoms with van der Waals surface area (Å²) in [5.41, 5.74) is 2.22. The molecular formula is C20H22N2O2. The summed E-state index contributed by atoms with van der Waals surface area (Å²) in [5, 5.41) is 0. The first-order valence-electron chi connectivity index (χ1n) is 9.08. The van der Waals surface area contributed by atoms with Crippen molar-refractivity contribution in [2.45, 2.75) is 50.7 Å². The number of rotatable bonds is 4. The van der Waals surface area contributed by atoms with Gasteiger partial charge in [0.05, 0.1) is 5.92 Å². The smallest absolute Gasteiger partial charge is 0.309 e. The van der Waals surface area contributed by atoms with Crippen LogP contribution in [0.4, 0.5) is 0 Å². The number of benzene rings is 1. The molecule has 2 aromatic rings. The van der Waals surface area contributed by atoms with Gasteiger partial charge in [0.2, 0.25) is 0 Å². The van der Waals surface area contributed by atoms with Gasteiger partial charge in [-0.2, -0.15) is 0 Å². The Labute approximate surface area is 141 Å². The van der Waals surface area contributed by atoms with Gasteiger partial charge >= 0.3 is 5.97 Å². The lowest BCUT2D eigenvalue weighted by molar-refractivity contribution is -0.158. The van der Waals surface area contributed by atoms with E-state index in [1.807, 2.05) is 24.4 Å². The summed E-state index contributed by atoms with van der Waals surface area (Å²) in [4.78, 5) is 17.2. The third-order valence-electron chi connectivity index (χ3n) is 5.83. The van der Waals surface area contributed by atoms with Gasteiger partial charge in [0.1, 0.15) is 11.4 Å². The van der Waals surface area contributed by atoms with Gasteiger partial charge in [-0.1, -0.05) is 30.3 Å². The zero-order valence-electron chi connectivity index (χ0n) is 13.8. The van der Waals surface area contributed by atoms with Crippen LogP contribution in [0.15, 0.2) is 36.5 Å². The van der Waals surface area contributed by atoms with Crippen molar-refractivity contribution >= 4 is 5.97 Å². The van der Waals surface area contributed by atoms with E-state index in [2.05, 4.69) is 21.7 Å². The van der Waals surface area contributed by atoms with Crippen molar-refractivity contribution < 1.29 is 9.53 Å². The molecule has 124 valence electrons. The number of imidazole rings is 1. The average Bonchev–Trinajstić information content (AvgIpc) is 3.53. The zero-order valence-corrected chi connectivity index (χ0v) is 13.8. The Hall–Kier alpha value is -2.10. The Morgan fingerprint density at radius 3 is 2.67 bits per heavy atom. The number of carbonyl (C=O) groups excluding carboxylic acids is 1. The van der Waals surface area contributed by atoms with E-state index in [-0.39, 0.29) is 17.5 Å². The van der Waals surface area contributed by atoms with Gasteiger partial charge in [0, 0.05) is 30.4 Å². The maximum Gasteiger partial charge on any atom is 0.309 e. The highest BCUT2D eigenvalue weighted by atomic mass is 16.6. The molecule has 1 aliphatic heterocycles. The van der Waals surface area contributed by atoms with Gasteiger partial charge in [0.25, 0.3) is 0 Å². The Bertz CT molecular complexity index is 772. The summed E-state index contributed by atoms with van der Waals surface area (Å²) < 4.78 is 8.21. The molecule has 2 heterocycles. The first-order valence-corrected chi connectivity index (χ1v) is 9.08. The Balaban J connectivity index is 1.32. The van der Waals surface area contributed by atoms with Crippen LogP contribution in [-0.2, 0) is 22.5 Å². The molecule has 2 aliphatic carbocycles. The highest BCUT2D eigenvalue weighted by Crippen LogP contribution is 2.56. The summed E-state index contributed by atoms with van der Waals surface area (Å²) in [6.45, 7) is 0.843. The molecule has 2 saturated carbocycles. The van der Waals surface area contributed by atoms with E-state index in [9.17, 15) is 4.79 Å². The van der Waals surface area contributed by atoms with Crippen LogP contribution >= 0.6 is 0 Å². The number of esters is 1. The van der Waals surface area contributed by atoms with E-state index in [0.29, 0.717) is 5.92 Å². The largest absolute Gasteiger partial charge is 0.459 e. The molecule has 0 saturated heterocycles. The molecule has 4 heteroatoms. The van der Waals surface area contributed by atoms with Gasteiger partial charge in [-0.05, 0) is 38.0 Å². The van der Waals surface area contributed by atoms with Crippen LogP contribution in [-0.4, -0.2) is 21.1 Å². The van der Waals surface area contributed by atoms with E-state index in [4.69, 9.17) is 4.74 Å². The number of nitrogens with zero attached hydrogens (tertiary/aromatic N) is 2. The van der Waals surface area contributed by atoms with Crippen LogP contribution in [0.2, 0.25) is 0 Å². The minimum atomic E-state index is -0.0655. The van der Waals surface area contributed by atoms with Gasteiger partial charge < -0.3 is 9.30 Å². The molecule has 1 aromatic carbocycles. The third kappa shape index (κ3) is 2.36. The molecule has 5 rings (SSSR count). The van der Waals surface area contributed by atoms with E-state index in [0.717, 1.165) is 49.3 Å². The summed E-state index contributed by atoms with van der Waals surface area (Å²) in [6, 6.07) is 10.3. The molecule has 0 amide bonds. The average molecular weight is 322 g/mol. The predicted molar refractivity (Wildman–Crippen MR) is 90.3 cm³/mol. The maximum absolute atomic E-state index is 12.6. The SMILES string of the molecule is O=C(OC1(C2CC2)CC1)[C@H]1CCn2c(cnc2-c2ccccc2)C1. The summed E-state index contributed by atoms with van der Waals surface area (Å²) in [6.07, 6.45) is 8.16. The van der Waals surface area contributed by atoms with Gasteiger partial charge in [-0.25, -0.2) is 4.98 Å². The summed E-state index contributed by atoms with van der Waals surface area (Å²) in [5.74, 6) is 1.68. The fourth-order valence-electron chi connectivity index (χ4n) is 4.09. The summed E-state index contributed by atoms with van der Waals surface area (Å²) in [7, 11) is 0. The maximum atomic E-state index is 12.6. The summed E-state index contributed by atoms with van der Waals surface area (Å²) >= 11 is 0. The molecule has 2 fully saturated rings. The number of hydrogen-bond donors (Lipinski definition) is 0. The predicted octanol–water partition coefficient (Wildman–Crippen LogP) is 3.60. The van der Waals surface area contributed by atoms with Crippen LogP contribution in [0.3, 0.4) is 0 Å². The number of fused-ring (bicyclic) bond motifs is 1. The van der Waals surface area contributed by atoms with Gasteiger partial charge in [0.15, 0.2) is 0 Å². The molecular weight excluding hydrogens is 300 g/mol. The van der Waals surface area contributed by atoms with Crippen molar-refractivity contribution in [3.8, 4) is 11.4 Å². The molecule has 3 aliphatic rings. The Morgan fingerprint density at radius 1 is 1.17 bits per heavy atom. The first kappa shape index (κ1) is 14.3. The highest BCUT2D eigenvalue weighted by Gasteiger charge is 2.57. The minimum Gasteiger partial charge on any atom is -0.459 e.